The third-order valence-corrected chi connectivity index (χ3v) is 2.23. The summed E-state index contributed by atoms with van der Waals surface area (Å²) >= 11 is 3.35. The zero-order valence-corrected chi connectivity index (χ0v) is 9.51. The fourth-order valence-corrected chi connectivity index (χ4v) is 1.55. The first-order valence-corrected chi connectivity index (χ1v) is 5.05. The Morgan fingerprint density at radius 3 is 2.86 bits per heavy atom. The van der Waals surface area contributed by atoms with Crippen LogP contribution in [-0.2, 0) is 0 Å². The van der Waals surface area contributed by atoms with Crippen LogP contribution in [0, 0.1) is 11.3 Å². The molecule has 0 saturated carbocycles. The Morgan fingerprint density at radius 2 is 2.29 bits per heavy atom. The molecule has 0 saturated heterocycles. The van der Waals surface area contributed by atoms with Gasteiger partial charge in [-0.1, -0.05) is 22.0 Å². The lowest BCUT2D eigenvalue weighted by atomic mass is 10.2. The molecule has 0 spiro atoms. The van der Waals surface area contributed by atoms with Gasteiger partial charge in [0.2, 0.25) is 0 Å². The molecule has 1 N–H and O–H groups in total. The van der Waals surface area contributed by atoms with Crippen LogP contribution in [0.1, 0.15) is 12.5 Å². The Balaban J connectivity index is 2.93. The van der Waals surface area contributed by atoms with Crippen LogP contribution in [0.15, 0.2) is 35.3 Å². The van der Waals surface area contributed by atoms with Crippen LogP contribution in [0.3, 0.4) is 0 Å². The van der Waals surface area contributed by atoms with Crippen LogP contribution < -0.4 is 5.32 Å². The quantitative estimate of drug-likeness (QED) is 0.836. The van der Waals surface area contributed by atoms with E-state index in [0.29, 0.717) is 5.56 Å². The predicted octanol–water partition coefficient (Wildman–Crippen LogP) is 3.31. The molecule has 0 heterocycles. The molecular weight excluding hydrogens is 240 g/mol. The topological polar surface area (TPSA) is 35.8 Å². The molecule has 0 aliphatic heterocycles. The number of nitriles is 1. The van der Waals surface area contributed by atoms with Crippen molar-refractivity contribution in [1.82, 2.24) is 0 Å². The lowest BCUT2D eigenvalue weighted by Gasteiger charge is -2.11. The van der Waals surface area contributed by atoms with Gasteiger partial charge in [-0.25, -0.2) is 0 Å². The van der Waals surface area contributed by atoms with Crippen molar-refractivity contribution in [2.75, 3.05) is 5.32 Å². The number of hydrogen-bond donors (Lipinski definition) is 1. The van der Waals surface area contributed by atoms with E-state index in [2.05, 4.69) is 33.9 Å². The summed E-state index contributed by atoms with van der Waals surface area (Å²) < 4.78 is 0.898. The molecule has 0 aliphatic carbocycles. The summed E-state index contributed by atoms with van der Waals surface area (Å²) in [6.07, 6.45) is 1.81. The molecule has 1 rings (SSSR count). The van der Waals surface area contributed by atoms with Crippen molar-refractivity contribution in [3.05, 3.63) is 40.9 Å². The standard InChI is InChI=1S/C11H11BrN2/c1-3-8(2)14-11-5-9(7-13)4-10(12)6-11/h3-6,8,14H,1H2,2H3. The molecule has 0 radical (unpaired) electrons. The van der Waals surface area contributed by atoms with Crippen LogP contribution in [0.2, 0.25) is 0 Å². The molecule has 0 bridgehead atoms. The summed E-state index contributed by atoms with van der Waals surface area (Å²) in [5.41, 5.74) is 1.56. The summed E-state index contributed by atoms with van der Waals surface area (Å²) in [7, 11) is 0. The van der Waals surface area contributed by atoms with E-state index >= 15 is 0 Å². The van der Waals surface area contributed by atoms with Crippen LogP contribution in [0.5, 0.6) is 0 Å². The number of halogens is 1. The lowest BCUT2D eigenvalue weighted by molar-refractivity contribution is 1.00. The van der Waals surface area contributed by atoms with Gasteiger partial charge in [0.15, 0.2) is 0 Å². The lowest BCUT2D eigenvalue weighted by Crippen LogP contribution is -2.11. The minimum atomic E-state index is 0.191. The van der Waals surface area contributed by atoms with E-state index in [4.69, 9.17) is 5.26 Å². The number of nitrogens with zero attached hydrogens (tertiary/aromatic N) is 1. The Labute approximate surface area is 92.4 Å². The summed E-state index contributed by atoms with van der Waals surface area (Å²) in [6.45, 7) is 5.68. The molecule has 1 aromatic rings. The average molecular weight is 251 g/mol. The molecule has 0 aromatic heterocycles. The first-order valence-electron chi connectivity index (χ1n) is 4.25. The Kier molecular flexibility index (Phi) is 3.73. The molecule has 3 heteroatoms. The fraction of sp³-hybridized carbons (Fsp3) is 0.182. The molecule has 1 atom stereocenters. The Bertz CT molecular complexity index is 379. The van der Waals surface area contributed by atoms with E-state index in [1.54, 1.807) is 6.07 Å². The van der Waals surface area contributed by atoms with Gasteiger partial charge in [0, 0.05) is 16.2 Å². The highest BCUT2D eigenvalue weighted by atomic mass is 79.9. The summed E-state index contributed by atoms with van der Waals surface area (Å²) in [5, 5.41) is 12.0. The minimum absolute atomic E-state index is 0.191. The van der Waals surface area contributed by atoms with Gasteiger partial charge in [-0.2, -0.15) is 5.26 Å². The van der Waals surface area contributed by atoms with Crippen molar-refractivity contribution in [2.45, 2.75) is 13.0 Å². The Morgan fingerprint density at radius 1 is 1.57 bits per heavy atom. The third-order valence-electron chi connectivity index (χ3n) is 1.77. The van der Waals surface area contributed by atoms with Crippen LogP contribution in [0.4, 0.5) is 5.69 Å². The zero-order valence-electron chi connectivity index (χ0n) is 7.92. The van der Waals surface area contributed by atoms with E-state index in [1.807, 2.05) is 25.1 Å². The van der Waals surface area contributed by atoms with Crippen molar-refractivity contribution < 1.29 is 0 Å². The summed E-state index contributed by atoms with van der Waals surface area (Å²) in [6, 6.07) is 7.82. The van der Waals surface area contributed by atoms with Crippen molar-refractivity contribution in [3.63, 3.8) is 0 Å². The van der Waals surface area contributed by atoms with Gasteiger partial charge in [0.25, 0.3) is 0 Å². The maximum atomic E-state index is 8.76. The molecule has 0 fully saturated rings. The fourth-order valence-electron chi connectivity index (χ4n) is 1.06. The highest BCUT2D eigenvalue weighted by Crippen LogP contribution is 2.19. The predicted molar refractivity (Wildman–Crippen MR) is 62.1 cm³/mol. The maximum absolute atomic E-state index is 8.76. The number of nitrogens with one attached hydrogen (secondary N) is 1. The van der Waals surface area contributed by atoms with Gasteiger partial charge in [0.05, 0.1) is 11.6 Å². The second-order valence-corrected chi connectivity index (χ2v) is 3.92. The normalized spacial score (nSPS) is 11.5. The molecule has 2 nitrogen and oxygen atoms in total. The van der Waals surface area contributed by atoms with Crippen molar-refractivity contribution in [3.8, 4) is 6.07 Å². The number of rotatable bonds is 3. The van der Waals surface area contributed by atoms with Gasteiger partial charge in [0.1, 0.15) is 0 Å². The number of anilines is 1. The van der Waals surface area contributed by atoms with E-state index in [-0.39, 0.29) is 6.04 Å². The van der Waals surface area contributed by atoms with E-state index in [1.165, 1.54) is 0 Å². The van der Waals surface area contributed by atoms with E-state index in [9.17, 15) is 0 Å². The second-order valence-electron chi connectivity index (χ2n) is 3.01. The van der Waals surface area contributed by atoms with Crippen LogP contribution >= 0.6 is 15.9 Å². The number of hydrogen-bond acceptors (Lipinski definition) is 2. The largest absolute Gasteiger partial charge is 0.379 e. The molecule has 72 valence electrons. The van der Waals surface area contributed by atoms with Gasteiger partial charge in [-0.15, -0.1) is 6.58 Å². The first-order chi connectivity index (χ1) is 6.65. The van der Waals surface area contributed by atoms with Gasteiger partial charge >= 0.3 is 0 Å². The first kappa shape index (κ1) is 10.8. The van der Waals surface area contributed by atoms with Gasteiger partial charge < -0.3 is 5.32 Å². The van der Waals surface area contributed by atoms with Crippen molar-refractivity contribution >= 4 is 21.6 Å². The molecule has 0 aliphatic rings. The maximum Gasteiger partial charge on any atom is 0.0992 e. The average Bonchev–Trinajstić information content (AvgIpc) is 2.16. The monoisotopic (exact) mass is 250 g/mol. The Hall–Kier alpha value is -1.27. The molecule has 14 heavy (non-hydrogen) atoms. The van der Waals surface area contributed by atoms with E-state index in [0.717, 1.165) is 10.2 Å². The van der Waals surface area contributed by atoms with E-state index < -0.39 is 0 Å². The summed E-state index contributed by atoms with van der Waals surface area (Å²) in [5.74, 6) is 0. The highest BCUT2D eigenvalue weighted by molar-refractivity contribution is 9.10. The smallest absolute Gasteiger partial charge is 0.0992 e. The van der Waals surface area contributed by atoms with Crippen molar-refractivity contribution in [2.24, 2.45) is 0 Å². The molecule has 1 unspecified atom stereocenters. The van der Waals surface area contributed by atoms with Gasteiger partial charge in [-0.3, -0.25) is 0 Å². The molecule has 0 amide bonds. The van der Waals surface area contributed by atoms with Crippen molar-refractivity contribution in [1.29, 1.82) is 5.26 Å². The van der Waals surface area contributed by atoms with Crippen LogP contribution in [-0.4, -0.2) is 6.04 Å². The second kappa shape index (κ2) is 4.83. The highest BCUT2D eigenvalue weighted by Gasteiger charge is 2.00. The third kappa shape index (κ3) is 2.90. The minimum Gasteiger partial charge on any atom is -0.379 e. The summed E-state index contributed by atoms with van der Waals surface area (Å²) in [4.78, 5) is 0. The number of benzene rings is 1. The SMILES string of the molecule is C=CC(C)Nc1cc(Br)cc(C#N)c1. The zero-order chi connectivity index (χ0) is 10.6. The van der Waals surface area contributed by atoms with Gasteiger partial charge in [-0.05, 0) is 25.1 Å². The molecule has 1 aromatic carbocycles. The van der Waals surface area contributed by atoms with Crippen LogP contribution in [0.25, 0.3) is 0 Å². The molecular formula is C11H11BrN2.